The first-order chi connectivity index (χ1) is 9.02. The Kier molecular flexibility index (Phi) is 8.72. The number of nitrogens with zero attached hydrogens (tertiary/aromatic N) is 1. The van der Waals surface area contributed by atoms with Crippen molar-refractivity contribution in [2.24, 2.45) is 11.8 Å². The molecule has 2 N–H and O–H groups in total. The SMILES string of the molecule is C[C-]=O.O=C1[N-]C(=O)C2C3OC(C(O)C3O)C12.S=S.[Y]. The number of hydrogen-bond acceptors (Lipinski definition) is 8. The smallest absolute Gasteiger partial charge is 0.109 e. The van der Waals surface area contributed by atoms with Gasteiger partial charge in [0.1, 0.15) is 12.2 Å². The maximum absolute atomic E-state index is 11.2. The van der Waals surface area contributed by atoms with Gasteiger partial charge >= 0.3 is 0 Å². The van der Waals surface area contributed by atoms with Crippen molar-refractivity contribution in [1.82, 2.24) is 0 Å². The minimum Gasteiger partial charge on any atom is -0.595 e. The van der Waals surface area contributed by atoms with Crippen LogP contribution in [0.1, 0.15) is 6.92 Å². The van der Waals surface area contributed by atoms with Crippen LogP contribution in [0.15, 0.2) is 0 Å². The number of fused-ring (bicyclic) bond motifs is 5. The first-order valence-electron chi connectivity index (χ1n) is 5.29. The number of carbonyl (C=O) groups is 2. The second kappa shape index (κ2) is 8.62. The molecule has 0 aliphatic carbocycles. The monoisotopic (exact) mass is 394 g/mol. The molecule has 3 rings (SSSR count). The summed E-state index contributed by atoms with van der Waals surface area (Å²) in [6.45, 7) is 1.32. The third-order valence-corrected chi connectivity index (χ3v) is 3.22. The Morgan fingerprint density at radius 2 is 1.40 bits per heavy atom. The van der Waals surface area contributed by atoms with Gasteiger partial charge in [-0.15, -0.1) is 0 Å². The molecule has 0 aromatic heterocycles. The minimum atomic E-state index is -1.08. The predicted octanol–water partition coefficient (Wildman–Crippen LogP) is -1.73. The van der Waals surface area contributed by atoms with Crippen LogP contribution < -0.4 is 0 Å². The Balaban J connectivity index is 0.000000540. The van der Waals surface area contributed by atoms with E-state index in [1.807, 2.05) is 0 Å². The van der Waals surface area contributed by atoms with E-state index in [1.54, 1.807) is 0 Å². The Hall–Kier alpha value is 0.234. The molecular weight excluding hydrogens is 383 g/mol. The zero-order chi connectivity index (χ0) is 14.7. The average molecular weight is 394 g/mol. The summed E-state index contributed by atoms with van der Waals surface area (Å²) in [5.41, 5.74) is 0. The molecule has 7 nitrogen and oxygen atoms in total. The van der Waals surface area contributed by atoms with Crippen LogP contribution in [-0.2, 0) is 74.2 Å². The summed E-state index contributed by atoms with van der Waals surface area (Å²) >= 11 is 7.33. The molecule has 0 aromatic carbocycles. The van der Waals surface area contributed by atoms with Crippen molar-refractivity contribution in [3.63, 3.8) is 0 Å². The van der Waals surface area contributed by atoms with Gasteiger partial charge in [-0.3, -0.25) is 6.29 Å². The second-order valence-corrected chi connectivity index (χ2v) is 4.09. The molecule has 6 unspecified atom stereocenters. The van der Waals surface area contributed by atoms with Crippen molar-refractivity contribution < 1.29 is 62.0 Å². The molecule has 20 heavy (non-hydrogen) atoms. The molecule has 1 radical (unpaired) electrons. The number of ether oxygens (including phenoxy) is 1. The van der Waals surface area contributed by atoms with Gasteiger partial charge in [0.2, 0.25) is 0 Å². The van der Waals surface area contributed by atoms with Crippen molar-refractivity contribution in [3.05, 3.63) is 5.32 Å². The Morgan fingerprint density at radius 1 is 1.10 bits per heavy atom. The standard InChI is InChI=1S/C8H9NO5.C2H3O.S2.Y/c10-3-4(11)6-2-1(5(3)14-6)7(12)9-8(2)13;1-2-3;1-2;/h1-6,10-11H,(H,9,12,13);1H3;;/q;-1;;/p-1. The summed E-state index contributed by atoms with van der Waals surface area (Å²) in [7, 11) is 0. The van der Waals surface area contributed by atoms with E-state index in [4.69, 9.17) is 9.53 Å². The number of imide groups is 1. The zero-order valence-electron chi connectivity index (χ0n) is 10.3. The van der Waals surface area contributed by atoms with E-state index in [1.165, 1.54) is 13.2 Å². The van der Waals surface area contributed by atoms with Crippen molar-refractivity contribution in [2.75, 3.05) is 0 Å². The van der Waals surface area contributed by atoms with Crippen LogP contribution in [0.2, 0.25) is 0 Å². The Labute approximate surface area is 150 Å². The molecule has 3 heterocycles. The maximum atomic E-state index is 11.2. The van der Waals surface area contributed by atoms with Gasteiger partial charge in [-0.2, -0.15) is 6.92 Å². The number of aliphatic hydroxyl groups excluding tert-OH is 2. The van der Waals surface area contributed by atoms with Crippen LogP contribution >= 0.6 is 0 Å². The van der Waals surface area contributed by atoms with Crippen LogP contribution in [0.5, 0.6) is 0 Å². The topological polar surface area (TPSA) is 115 Å². The van der Waals surface area contributed by atoms with Crippen molar-refractivity contribution in [2.45, 2.75) is 31.3 Å². The number of hydrogen-bond donors (Lipinski definition) is 2. The van der Waals surface area contributed by atoms with E-state index in [0.29, 0.717) is 0 Å². The summed E-state index contributed by atoms with van der Waals surface area (Å²) in [5, 5.41) is 22.2. The summed E-state index contributed by atoms with van der Waals surface area (Å²) in [6.07, 6.45) is -2.18. The number of amides is 2. The predicted molar refractivity (Wildman–Crippen MR) is 67.1 cm³/mol. The Bertz CT molecular complexity index is 368. The van der Waals surface area contributed by atoms with Crippen LogP contribution in [0.4, 0.5) is 0 Å². The normalized spacial score (nSPS) is 39.4. The molecular formula is C10H11NO6S2Y-2. The maximum Gasteiger partial charge on any atom is 0.109 e. The quantitative estimate of drug-likeness (QED) is 0.368. The van der Waals surface area contributed by atoms with Gasteiger partial charge in [-0.25, -0.2) is 0 Å². The van der Waals surface area contributed by atoms with E-state index in [9.17, 15) is 19.8 Å². The minimum absolute atomic E-state index is 0. The molecule has 2 amide bonds. The summed E-state index contributed by atoms with van der Waals surface area (Å²) in [5.74, 6) is -2.41. The van der Waals surface area contributed by atoms with Gasteiger partial charge in [-0.1, -0.05) is 0 Å². The zero-order valence-corrected chi connectivity index (χ0v) is 14.8. The third-order valence-electron chi connectivity index (χ3n) is 3.22. The van der Waals surface area contributed by atoms with Crippen molar-refractivity contribution in [3.8, 4) is 0 Å². The summed E-state index contributed by atoms with van der Waals surface area (Å²) in [6, 6.07) is 0. The van der Waals surface area contributed by atoms with Crippen LogP contribution in [0.3, 0.4) is 0 Å². The summed E-state index contributed by atoms with van der Waals surface area (Å²) < 4.78 is 5.20. The largest absolute Gasteiger partial charge is 0.595 e. The Morgan fingerprint density at radius 3 is 1.70 bits per heavy atom. The first kappa shape index (κ1) is 20.2. The van der Waals surface area contributed by atoms with Crippen molar-refractivity contribution >= 4 is 40.5 Å². The molecule has 2 bridgehead atoms. The number of carbonyl (C=O) groups excluding carboxylic acids is 3. The van der Waals surface area contributed by atoms with E-state index in [0.717, 1.165) is 0 Å². The average Bonchev–Trinajstić information content (AvgIpc) is 2.99. The van der Waals surface area contributed by atoms with Crippen LogP contribution in [-0.4, -0.2) is 52.7 Å². The molecule has 0 spiro atoms. The van der Waals surface area contributed by atoms with Gasteiger partial charge in [0.05, 0.1) is 24.0 Å². The third kappa shape index (κ3) is 3.35. The molecule has 3 saturated heterocycles. The second-order valence-electron chi connectivity index (χ2n) is 4.09. The molecule has 109 valence electrons. The molecule has 0 saturated carbocycles. The van der Waals surface area contributed by atoms with Gasteiger partial charge in [-0.05, 0) is 0 Å². The van der Waals surface area contributed by atoms with Crippen LogP contribution in [0.25, 0.3) is 5.32 Å². The fourth-order valence-electron chi connectivity index (χ4n) is 2.58. The first-order valence-corrected chi connectivity index (χ1v) is 6.62. The molecule has 3 aliphatic rings. The van der Waals surface area contributed by atoms with E-state index in [-0.39, 0.29) is 32.7 Å². The number of rotatable bonds is 0. The molecule has 6 atom stereocenters. The number of aliphatic hydroxyl groups is 2. The van der Waals surface area contributed by atoms with Gasteiger partial charge < -0.3 is 34.7 Å². The van der Waals surface area contributed by atoms with Gasteiger partial charge in [0, 0.05) is 66.9 Å². The van der Waals surface area contributed by atoms with E-state index in [2.05, 4.69) is 27.7 Å². The van der Waals surface area contributed by atoms with E-state index < -0.39 is 48.1 Å². The van der Waals surface area contributed by atoms with Gasteiger partial charge in [0.25, 0.3) is 0 Å². The fourth-order valence-corrected chi connectivity index (χ4v) is 2.58. The summed E-state index contributed by atoms with van der Waals surface area (Å²) in [4.78, 5) is 31.2. The van der Waals surface area contributed by atoms with Crippen LogP contribution in [0, 0.1) is 11.8 Å². The van der Waals surface area contributed by atoms with E-state index >= 15 is 0 Å². The van der Waals surface area contributed by atoms with Crippen molar-refractivity contribution in [1.29, 1.82) is 0 Å². The molecule has 10 heteroatoms. The molecule has 3 aliphatic heterocycles. The fraction of sp³-hybridized carbons (Fsp3) is 0.700. The molecule has 3 fully saturated rings. The van der Waals surface area contributed by atoms with Gasteiger partial charge in [0.15, 0.2) is 0 Å². The molecule has 0 aromatic rings.